The number of hydrogen-bond donors (Lipinski definition) is 0. The largest absolute Gasteiger partial charge is 0.416 e. The molecule has 1 aliphatic heterocycles. The van der Waals surface area contributed by atoms with Crippen molar-refractivity contribution >= 4 is 27.4 Å². The van der Waals surface area contributed by atoms with Crippen molar-refractivity contribution in [1.29, 1.82) is 0 Å². The lowest BCUT2D eigenvalue weighted by Gasteiger charge is -2.34. The molecule has 0 amide bonds. The first-order valence-corrected chi connectivity index (χ1v) is 9.64. The fraction of sp³-hybridized carbons (Fsp3) is 0.312. The predicted molar refractivity (Wildman–Crippen MR) is 91.6 cm³/mol. The number of anilines is 1. The molecular weight excluding hydrogens is 410 g/mol. The molecule has 27 heavy (non-hydrogen) atoms. The highest BCUT2D eigenvalue weighted by Crippen LogP contribution is 2.31. The lowest BCUT2D eigenvalue weighted by Crippen LogP contribution is -2.49. The zero-order valence-electron chi connectivity index (χ0n) is 13.7. The Morgan fingerprint density at radius 1 is 1.04 bits per heavy atom. The number of nitrogens with zero attached hydrogens (tertiary/aromatic N) is 3. The van der Waals surface area contributed by atoms with Gasteiger partial charge in [-0.15, -0.1) is 0 Å². The van der Waals surface area contributed by atoms with Crippen LogP contribution in [0.15, 0.2) is 41.4 Å². The van der Waals surface area contributed by atoms with E-state index in [2.05, 4.69) is 4.98 Å². The molecule has 11 heteroatoms. The van der Waals surface area contributed by atoms with E-state index in [1.165, 1.54) is 4.31 Å². The Morgan fingerprint density at radius 2 is 1.70 bits per heavy atom. The lowest BCUT2D eigenvalue weighted by molar-refractivity contribution is -0.137. The van der Waals surface area contributed by atoms with Crippen LogP contribution in [0.25, 0.3) is 0 Å². The molecule has 0 N–H and O–H groups in total. The molecule has 146 valence electrons. The third kappa shape index (κ3) is 4.17. The predicted octanol–water partition coefficient (Wildman–Crippen LogP) is 3.40. The first-order valence-electron chi connectivity index (χ1n) is 7.82. The summed E-state index contributed by atoms with van der Waals surface area (Å²) < 4.78 is 78.2. The molecule has 0 spiro atoms. The average Bonchev–Trinajstić information content (AvgIpc) is 2.63. The van der Waals surface area contributed by atoms with E-state index >= 15 is 0 Å². The average molecular weight is 424 g/mol. The van der Waals surface area contributed by atoms with Crippen molar-refractivity contribution in [3.05, 3.63) is 52.9 Å². The Hall–Kier alpha value is -1.91. The first kappa shape index (κ1) is 19.8. The van der Waals surface area contributed by atoms with Crippen molar-refractivity contribution in [3.63, 3.8) is 0 Å². The molecule has 0 saturated carbocycles. The van der Waals surface area contributed by atoms with Crippen LogP contribution >= 0.6 is 11.6 Å². The number of piperazine rings is 1. The summed E-state index contributed by atoms with van der Waals surface area (Å²) in [6.45, 7) is 0.440. The number of aromatic nitrogens is 1. The fourth-order valence-electron chi connectivity index (χ4n) is 2.71. The third-order valence-electron chi connectivity index (χ3n) is 4.16. The second-order valence-corrected chi connectivity index (χ2v) is 8.21. The Kier molecular flexibility index (Phi) is 5.33. The van der Waals surface area contributed by atoms with Crippen molar-refractivity contribution in [3.8, 4) is 0 Å². The Bertz CT molecular complexity index is 945. The van der Waals surface area contributed by atoms with Gasteiger partial charge < -0.3 is 4.90 Å². The molecule has 0 aliphatic carbocycles. The summed E-state index contributed by atoms with van der Waals surface area (Å²) in [4.78, 5) is 5.39. The Morgan fingerprint density at radius 3 is 2.30 bits per heavy atom. The molecular formula is C16H14ClF4N3O2S. The second kappa shape index (κ2) is 7.25. The maximum atomic E-state index is 13.3. The Balaban J connectivity index is 1.74. The summed E-state index contributed by atoms with van der Waals surface area (Å²) in [5.74, 6) is -0.595. The summed E-state index contributed by atoms with van der Waals surface area (Å²) in [5.41, 5.74) is -0.816. The normalized spacial score (nSPS) is 16.6. The van der Waals surface area contributed by atoms with Gasteiger partial charge >= 0.3 is 6.18 Å². The second-order valence-electron chi connectivity index (χ2n) is 5.87. The lowest BCUT2D eigenvalue weighted by atomic mass is 10.2. The first-order chi connectivity index (χ1) is 12.6. The maximum Gasteiger partial charge on any atom is 0.416 e. The zero-order chi connectivity index (χ0) is 19.8. The molecule has 2 aromatic rings. The van der Waals surface area contributed by atoms with Crippen LogP contribution in [0.5, 0.6) is 0 Å². The van der Waals surface area contributed by atoms with Crippen LogP contribution < -0.4 is 4.90 Å². The van der Waals surface area contributed by atoms with Crippen LogP contribution in [0.1, 0.15) is 5.56 Å². The van der Waals surface area contributed by atoms with E-state index in [9.17, 15) is 26.0 Å². The maximum absolute atomic E-state index is 13.3. The van der Waals surface area contributed by atoms with Gasteiger partial charge in [0.15, 0.2) is 0 Å². The third-order valence-corrected chi connectivity index (χ3v) is 6.35. The van der Waals surface area contributed by atoms with E-state index in [4.69, 9.17) is 11.6 Å². The number of halogens is 5. The van der Waals surface area contributed by atoms with Gasteiger partial charge in [-0.25, -0.2) is 17.8 Å². The molecule has 0 radical (unpaired) electrons. The standard InChI is InChI=1S/C16H14ClF4N3O2S/c17-13-10-12(1-2-14(13)18)27(25,26)24-7-5-23(6-8-24)15-9-11(3-4-22-15)16(19,20)21/h1-4,9-10H,5-8H2. The van der Waals surface area contributed by atoms with Gasteiger partial charge in [-0.05, 0) is 30.3 Å². The van der Waals surface area contributed by atoms with Gasteiger partial charge in [0, 0.05) is 32.4 Å². The van der Waals surface area contributed by atoms with E-state index in [1.54, 1.807) is 4.90 Å². The molecule has 3 rings (SSSR count). The van der Waals surface area contributed by atoms with Crippen molar-refractivity contribution in [2.45, 2.75) is 11.1 Å². The van der Waals surface area contributed by atoms with Crippen LogP contribution in [-0.2, 0) is 16.2 Å². The number of hydrogen-bond acceptors (Lipinski definition) is 4. The van der Waals surface area contributed by atoms with Gasteiger partial charge in [0.25, 0.3) is 0 Å². The molecule has 1 aliphatic rings. The molecule has 0 unspecified atom stereocenters. The van der Waals surface area contributed by atoms with Gasteiger partial charge in [0.2, 0.25) is 10.0 Å². The fourth-order valence-corrected chi connectivity index (χ4v) is 4.41. The summed E-state index contributed by atoms with van der Waals surface area (Å²) in [5, 5.41) is -0.303. The Labute approximate surface area is 158 Å². The number of pyridine rings is 1. The van der Waals surface area contributed by atoms with Crippen molar-refractivity contribution in [2.24, 2.45) is 0 Å². The van der Waals surface area contributed by atoms with Gasteiger partial charge in [-0.3, -0.25) is 0 Å². The minimum absolute atomic E-state index is 0.0508. The van der Waals surface area contributed by atoms with E-state index in [0.717, 1.165) is 36.5 Å². The highest BCUT2D eigenvalue weighted by Gasteiger charge is 2.33. The zero-order valence-corrected chi connectivity index (χ0v) is 15.3. The van der Waals surface area contributed by atoms with Crippen molar-refractivity contribution in [1.82, 2.24) is 9.29 Å². The number of alkyl halides is 3. The molecule has 1 fully saturated rings. The molecule has 0 atom stereocenters. The quantitative estimate of drug-likeness (QED) is 0.710. The van der Waals surface area contributed by atoms with E-state index in [1.807, 2.05) is 0 Å². The van der Waals surface area contributed by atoms with Crippen molar-refractivity contribution < 1.29 is 26.0 Å². The number of benzene rings is 1. The molecule has 1 aromatic heterocycles. The topological polar surface area (TPSA) is 53.5 Å². The minimum atomic E-state index is -4.48. The van der Waals surface area contributed by atoms with Crippen LogP contribution in [0.2, 0.25) is 5.02 Å². The van der Waals surface area contributed by atoms with Crippen LogP contribution in [0, 0.1) is 5.82 Å². The van der Waals surface area contributed by atoms with Gasteiger partial charge in [-0.2, -0.15) is 17.5 Å². The molecule has 2 heterocycles. The van der Waals surface area contributed by atoms with Crippen LogP contribution in [0.3, 0.4) is 0 Å². The molecule has 1 saturated heterocycles. The summed E-state index contributed by atoms with van der Waals surface area (Å²) >= 11 is 5.65. The summed E-state index contributed by atoms with van der Waals surface area (Å²) in [6.07, 6.45) is -3.41. The van der Waals surface area contributed by atoms with Gasteiger partial charge in [0.05, 0.1) is 15.5 Å². The number of sulfonamides is 1. The highest BCUT2D eigenvalue weighted by molar-refractivity contribution is 7.89. The van der Waals surface area contributed by atoms with Crippen molar-refractivity contribution in [2.75, 3.05) is 31.1 Å². The van der Waals surface area contributed by atoms with E-state index < -0.39 is 27.6 Å². The van der Waals surface area contributed by atoms with Crippen LogP contribution in [0.4, 0.5) is 23.4 Å². The van der Waals surface area contributed by atoms with Gasteiger partial charge in [-0.1, -0.05) is 11.6 Å². The summed E-state index contributed by atoms with van der Waals surface area (Å²) in [6, 6.07) is 4.94. The smallest absolute Gasteiger partial charge is 0.354 e. The SMILES string of the molecule is O=S(=O)(c1ccc(F)c(Cl)c1)N1CCN(c2cc(C(F)(F)F)ccn2)CC1. The van der Waals surface area contributed by atoms with E-state index in [0.29, 0.717) is 0 Å². The number of rotatable bonds is 3. The molecule has 1 aromatic carbocycles. The van der Waals surface area contributed by atoms with E-state index in [-0.39, 0.29) is 41.9 Å². The van der Waals surface area contributed by atoms with Crippen LogP contribution in [-0.4, -0.2) is 43.9 Å². The van der Waals surface area contributed by atoms with Gasteiger partial charge in [0.1, 0.15) is 11.6 Å². The highest BCUT2D eigenvalue weighted by atomic mass is 35.5. The molecule has 0 bridgehead atoms. The molecule has 5 nitrogen and oxygen atoms in total. The summed E-state index contributed by atoms with van der Waals surface area (Å²) in [7, 11) is -3.88. The monoisotopic (exact) mass is 423 g/mol. The minimum Gasteiger partial charge on any atom is -0.354 e.